The largest absolute Gasteiger partial charge is 0.506 e. The molecule has 248 valence electrons. The molecule has 0 fully saturated rings. The number of phenolic OH excluding ortho intramolecular Hbond substituents is 1. The zero-order valence-corrected chi connectivity index (χ0v) is 28.3. The lowest BCUT2D eigenvalue weighted by Gasteiger charge is -2.29. The summed E-state index contributed by atoms with van der Waals surface area (Å²) in [6.45, 7) is -0.701. The fourth-order valence-corrected chi connectivity index (χ4v) is 6.13. The molecule has 0 saturated heterocycles. The van der Waals surface area contributed by atoms with Crippen LogP contribution >= 0.6 is 39.5 Å². The molecule has 2 aliphatic heterocycles. The Balaban J connectivity index is 0.000000236. The van der Waals surface area contributed by atoms with Gasteiger partial charge in [0.25, 0.3) is 17.7 Å². The van der Waals surface area contributed by atoms with E-state index in [2.05, 4.69) is 43.1 Å². The molecule has 47 heavy (non-hydrogen) atoms. The first-order valence-electron chi connectivity index (χ1n) is 13.5. The number of halogens is 3. The molecule has 0 bridgehead atoms. The first-order chi connectivity index (χ1) is 22.1. The number of carbonyl (C=O) groups is 4. The van der Waals surface area contributed by atoms with Crippen LogP contribution in [0.1, 0.15) is 31.2 Å². The Labute approximate surface area is 284 Å². The highest BCUT2D eigenvalue weighted by Gasteiger charge is 2.41. The van der Waals surface area contributed by atoms with Crippen LogP contribution in [0.25, 0.3) is 0 Å². The molecule has 0 aromatic heterocycles. The van der Waals surface area contributed by atoms with Crippen molar-refractivity contribution >= 4 is 74.5 Å². The summed E-state index contributed by atoms with van der Waals surface area (Å²) < 4.78 is 31.0. The molecule has 14 nitrogen and oxygen atoms in total. The second-order valence-electron chi connectivity index (χ2n) is 9.90. The summed E-state index contributed by atoms with van der Waals surface area (Å²) in [6.07, 6.45) is 7.41. The fraction of sp³-hybridized carbons (Fsp3) is 0.276. The zero-order chi connectivity index (χ0) is 35.1. The van der Waals surface area contributed by atoms with Crippen molar-refractivity contribution in [2.75, 3.05) is 35.8 Å². The van der Waals surface area contributed by atoms with Crippen LogP contribution in [0, 0.1) is 29.5 Å². The van der Waals surface area contributed by atoms with Crippen molar-refractivity contribution in [3.05, 3.63) is 55.7 Å². The van der Waals surface area contributed by atoms with Gasteiger partial charge in [-0.05, 0) is 75.7 Å². The Morgan fingerprint density at radius 2 is 1.64 bits per heavy atom. The van der Waals surface area contributed by atoms with E-state index in [1.54, 1.807) is 12.1 Å². The molecule has 3 aliphatic rings. The topological polar surface area (TPSA) is 218 Å². The van der Waals surface area contributed by atoms with E-state index >= 15 is 0 Å². The van der Waals surface area contributed by atoms with Crippen LogP contribution in [0.2, 0.25) is 0 Å². The number of fused-ring (bicyclic) bond motifs is 1. The lowest BCUT2D eigenvalue weighted by molar-refractivity contribution is -0.136. The van der Waals surface area contributed by atoms with Gasteiger partial charge in [-0.1, -0.05) is 5.92 Å². The van der Waals surface area contributed by atoms with E-state index in [0.717, 1.165) is 23.8 Å². The predicted molar refractivity (Wildman–Crippen MR) is 172 cm³/mol. The number of ether oxygens (including phenoxy) is 1. The monoisotopic (exact) mass is 798 g/mol. The van der Waals surface area contributed by atoms with Gasteiger partial charge in [-0.25, -0.2) is 9.29 Å². The number of nitriles is 1. The van der Waals surface area contributed by atoms with Crippen LogP contribution in [-0.2, 0) is 23.7 Å². The van der Waals surface area contributed by atoms with Crippen molar-refractivity contribution in [1.82, 2.24) is 5.32 Å². The number of amides is 3. The number of phenols is 1. The molecular formula is C29H26Br2FN4O10P. The molecule has 0 spiro atoms. The maximum Gasteiger partial charge on any atom is 0.339 e. The number of carboxylic acids is 1. The molecule has 0 atom stereocenters. The standard InChI is InChI=1S/C19H15FN2O4.C7H3Br2NO.C3H8NO5P/c1-2-7-21-15-9-14(13(20)8-16(15)26-10-17(21)23)22-18(24)11-5-3-4-6-12(11)19(22)25;8-5-1-4(3-10)2-6(9)7(5)11;5-3(6)1-4-2-10(7,8)9/h1,8-9H,3-7,10H2;1-2,11H;4H,1-2H2,(H,5,6)(H2,7,8,9). The Kier molecular flexibility index (Phi) is 12.8. The lowest BCUT2D eigenvalue weighted by atomic mass is 9.93. The average Bonchev–Trinajstić information content (AvgIpc) is 3.26. The third kappa shape index (κ3) is 9.48. The number of hydrogen-bond acceptors (Lipinski definition) is 9. The summed E-state index contributed by atoms with van der Waals surface area (Å²) in [4.78, 5) is 65.7. The quantitative estimate of drug-likeness (QED) is 0.161. The lowest BCUT2D eigenvalue weighted by Crippen LogP contribution is -2.39. The SMILES string of the molecule is C#CCN1C(=O)COc2cc(F)c(N3C(=O)C4=C(CCCC4)C3=O)cc21.N#Cc1cc(Br)c(O)c(Br)c1.O=C(O)CNCP(=O)(O)O. The molecule has 2 aromatic carbocycles. The minimum Gasteiger partial charge on any atom is -0.506 e. The number of benzene rings is 2. The Morgan fingerprint density at radius 3 is 2.13 bits per heavy atom. The third-order valence-electron chi connectivity index (χ3n) is 6.59. The normalized spacial score (nSPS) is 15.3. The van der Waals surface area contributed by atoms with Gasteiger partial charge >= 0.3 is 13.6 Å². The smallest absolute Gasteiger partial charge is 0.339 e. The minimum absolute atomic E-state index is 0.0170. The Morgan fingerprint density at radius 1 is 1.06 bits per heavy atom. The number of terminal acetylenes is 1. The first kappa shape index (κ1) is 37.4. The summed E-state index contributed by atoms with van der Waals surface area (Å²) in [7, 11) is -4.10. The zero-order valence-electron chi connectivity index (χ0n) is 24.2. The number of nitrogens with zero attached hydrogens (tertiary/aromatic N) is 3. The number of hydrogen-bond donors (Lipinski definition) is 5. The highest BCUT2D eigenvalue weighted by molar-refractivity contribution is 9.11. The molecule has 18 heteroatoms. The number of anilines is 2. The maximum atomic E-state index is 14.7. The highest BCUT2D eigenvalue weighted by atomic mass is 79.9. The van der Waals surface area contributed by atoms with Crippen LogP contribution < -0.4 is 19.9 Å². The van der Waals surface area contributed by atoms with Crippen LogP contribution in [0.5, 0.6) is 11.5 Å². The summed E-state index contributed by atoms with van der Waals surface area (Å²) >= 11 is 6.21. The van der Waals surface area contributed by atoms with Crippen molar-refractivity contribution in [3.63, 3.8) is 0 Å². The minimum atomic E-state index is -4.10. The molecule has 0 unspecified atom stereocenters. The van der Waals surface area contributed by atoms with Gasteiger partial charge in [0.15, 0.2) is 12.4 Å². The molecule has 0 radical (unpaired) electrons. The van der Waals surface area contributed by atoms with Crippen molar-refractivity contribution in [3.8, 4) is 29.9 Å². The van der Waals surface area contributed by atoms with E-state index in [1.165, 1.54) is 11.0 Å². The number of carbonyl (C=O) groups excluding carboxylic acids is 3. The van der Waals surface area contributed by atoms with Gasteiger partial charge in [0.1, 0.15) is 11.5 Å². The van der Waals surface area contributed by atoms with Crippen LogP contribution in [0.15, 0.2) is 44.4 Å². The molecule has 2 aromatic rings. The van der Waals surface area contributed by atoms with E-state index in [-0.39, 0.29) is 41.9 Å². The first-order valence-corrected chi connectivity index (χ1v) is 16.8. The number of imide groups is 1. The van der Waals surface area contributed by atoms with Crippen LogP contribution in [-0.4, -0.2) is 69.7 Å². The fourth-order valence-electron chi connectivity index (χ4n) is 4.54. The molecule has 1 aliphatic carbocycles. The summed E-state index contributed by atoms with van der Waals surface area (Å²) in [5.74, 6) is -0.624. The van der Waals surface area contributed by atoms with Gasteiger partial charge in [0, 0.05) is 17.2 Å². The van der Waals surface area contributed by atoms with Gasteiger partial charge in [-0.2, -0.15) is 5.26 Å². The predicted octanol–water partition coefficient (Wildman–Crippen LogP) is 3.51. The Bertz CT molecular complexity index is 1730. The molecule has 2 heterocycles. The van der Waals surface area contributed by atoms with Crippen molar-refractivity contribution in [1.29, 1.82) is 5.26 Å². The third-order valence-corrected chi connectivity index (χ3v) is 8.44. The summed E-state index contributed by atoms with van der Waals surface area (Å²) in [6, 6.07) is 7.44. The van der Waals surface area contributed by atoms with Gasteiger partial charge in [-0.3, -0.25) is 34.0 Å². The number of rotatable bonds is 6. The Hall–Kier alpha value is -4.09. The van der Waals surface area contributed by atoms with E-state index < -0.39 is 44.0 Å². The van der Waals surface area contributed by atoms with Gasteiger partial charge in [0.05, 0.1) is 51.3 Å². The molecule has 0 saturated carbocycles. The maximum absolute atomic E-state index is 14.7. The molecule has 5 N–H and O–H groups in total. The van der Waals surface area contributed by atoms with E-state index in [1.807, 2.05) is 6.07 Å². The number of carboxylic acid groups (broad SMARTS) is 1. The van der Waals surface area contributed by atoms with Crippen LogP contribution in [0.4, 0.5) is 15.8 Å². The van der Waals surface area contributed by atoms with Gasteiger partial charge in [-0.15, -0.1) is 6.42 Å². The van der Waals surface area contributed by atoms with Crippen LogP contribution in [0.3, 0.4) is 0 Å². The van der Waals surface area contributed by atoms with Crippen molar-refractivity contribution < 1.29 is 52.9 Å². The van der Waals surface area contributed by atoms with E-state index in [9.17, 15) is 33.2 Å². The summed E-state index contributed by atoms with van der Waals surface area (Å²) in [5, 5.41) is 27.8. The van der Waals surface area contributed by atoms with E-state index in [4.69, 9.17) is 31.3 Å². The van der Waals surface area contributed by atoms with E-state index in [0.29, 0.717) is 38.5 Å². The highest BCUT2D eigenvalue weighted by Crippen LogP contribution is 2.42. The van der Waals surface area contributed by atoms with Crippen molar-refractivity contribution in [2.24, 2.45) is 0 Å². The molecule has 3 amide bonds. The summed E-state index contributed by atoms with van der Waals surface area (Å²) in [5.41, 5.74) is 1.49. The second kappa shape index (κ2) is 16.1. The molecular weight excluding hydrogens is 774 g/mol. The number of nitrogens with one attached hydrogen (secondary N) is 1. The number of aliphatic carboxylic acids is 1. The average molecular weight is 800 g/mol. The van der Waals surface area contributed by atoms with Gasteiger partial charge < -0.3 is 24.7 Å². The van der Waals surface area contributed by atoms with Gasteiger partial charge in [0.2, 0.25) is 0 Å². The second-order valence-corrected chi connectivity index (χ2v) is 13.3. The number of aromatic hydroxyl groups is 1. The van der Waals surface area contributed by atoms with Crippen molar-refractivity contribution in [2.45, 2.75) is 25.7 Å². The molecule has 5 rings (SSSR count).